The third-order valence-electron chi connectivity index (χ3n) is 7.36. The second kappa shape index (κ2) is 12.4. The summed E-state index contributed by atoms with van der Waals surface area (Å²) in [5, 5.41) is 6.29. The van der Waals surface area contributed by atoms with Crippen molar-refractivity contribution in [3.8, 4) is 11.5 Å². The lowest BCUT2D eigenvalue weighted by molar-refractivity contribution is -0.125. The second-order valence-electron chi connectivity index (χ2n) is 10.1. The van der Waals surface area contributed by atoms with E-state index in [1.54, 1.807) is 12.1 Å². The highest BCUT2D eigenvalue weighted by atomic mass is 16.7. The average Bonchev–Trinajstić information content (AvgIpc) is 3.51. The van der Waals surface area contributed by atoms with Crippen molar-refractivity contribution < 1.29 is 19.1 Å². The molecule has 208 valence electrons. The molecule has 0 radical (unpaired) electrons. The number of benzene rings is 5. The molecule has 0 bridgehead atoms. The fourth-order valence-electron chi connectivity index (χ4n) is 5.32. The molecule has 2 N–H and O–H groups in total. The summed E-state index contributed by atoms with van der Waals surface area (Å²) in [4.78, 5) is 28.3. The minimum absolute atomic E-state index is 0.121. The van der Waals surface area contributed by atoms with Gasteiger partial charge in [0, 0.05) is 0 Å². The Labute approximate surface area is 244 Å². The summed E-state index contributed by atoms with van der Waals surface area (Å²) >= 11 is 0. The van der Waals surface area contributed by atoms with Crippen molar-refractivity contribution in [2.24, 2.45) is 0 Å². The highest BCUT2D eigenvalue weighted by Crippen LogP contribution is 2.35. The number of fused-ring (bicyclic) bond motifs is 1. The third-order valence-corrected chi connectivity index (χ3v) is 7.36. The van der Waals surface area contributed by atoms with Crippen LogP contribution in [-0.4, -0.2) is 18.6 Å². The van der Waals surface area contributed by atoms with E-state index >= 15 is 0 Å². The van der Waals surface area contributed by atoms with Crippen LogP contribution in [0, 0.1) is 0 Å². The van der Waals surface area contributed by atoms with E-state index in [0.717, 1.165) is 22.3 Å². The van der Waals surface area contributed by atoms with Crippen molar-refractivity contribution in [3.63, 3.8) is 0 Å². The van der Waals surface area contributed by atoms with Crippen LogP contribution in [-0.2, 0) is 9.59 Å². The van der Waals surface area contributed by atoms with Crippen LogP contribution >= 0.6 is 0 Å². The van der Waals surface area contributed by atoms with Crippen molar-refractivity contribution in [1.29, 1.82) is 0 Å². The Balaban J connectivity index is 1.36. The molecular weight excluding hydrogens is 524 g/mol. The Hall–Kier alpha value is -5.36. The van der Waals surface area contributed by atoms with Crippen molar-refractivity contribution in [3.05, 3.63) is 167 Å². The van der Waals surface area contributed by atoms with Crippen molar-refractivity contribution >= 4 is 11.8 Å². The van der Waals surface area contributed by atoms with Crippen LogP contribution in [0.4, 0.5) is 0 Å². The first-order valence-corrected chi connectivity index (χ1v) is 13.9. The second-order valence-corrected chi connectivity index (χ2v) is 10.1. The zero-order chi connectivity index (χ0) is 28.7. The van der Waals surface area contributed by atoms with Crippen LogP contribution in [0.15, 0.2) is 140 Å². The molecule has 0 aromatic heterocycles. The molecule has 0 unspecified atom stereocenters. The van der Waals surface area contributed by atoms with Crippen molar-refractivity contribution in [2.75, 3.05) is 6.79 Å². The van der Waals surface area contributed by atoms with E-state index in [9.17, 15) is 9.59 Å². The molecular formula is C36H30N2O4. The smallest absolute Gasteiger partial charge is 0.233 e. The molecule has 2 amide bonds. The standard InChI is InChI=1S/C36H30N2O4/c39-35(32(25-13-5-1-6-14-25)26-15-7-2-8-16-26)37-34(29-21-22-30-31(23-29)42-24-41-30)38-36(40)33(27-17-9-3-10-18-27)28-19-11-4-12-20-28/h1-23,32-34H,24H2,(H,37,39)(H,38,40). The number of carbonyl (C=O) groups is 2. The van der Waals surface area contributed by atoms with Gasteiger partial charge in [0.2, 0.25) is 18.6 Å². The summed E-state index contributed by atoms with van der Waals surface area (Å²) in [5.74, 6) is -0.475. The Morgan fingerprint density at radius 2 is 0.857 bits per heavy atom. The summed E-state index contributed by atoms with van der Waals surface area (Å²) in [7, 11) is 0. The Morgan fingerprint density at radius 1 is 0.476 bits per heavy atom. The van der Waals surface area contributed by atoms with Crippen LogP contribution < -0.4 is 20.1 Å². The molecule has 0 aliphatic carbocycles. The van der Waals surface area contributed by atoms with Gasteiger partial charge in [-0.1, -0.05) is 127 Å². The van der Waals surface area contributed by atoms with Crippen LogP contribution in [0.5, 0.6) is 11.5 Å². The molecule has 6 heteroatoms. The van der Waals surface area contributed by atoms with Crippen LogP contribution in [0.2, 0.25) is 0 Å². The topological polar surface area (TPSA) is 76.7 Å². The summed E-state index contributed by atoms with van der Waals surface area (Å²) < 4.78 is 11.1. The van der Waals surface area contributed by atoms with Gasteiger partial charge in [0.1, 0.15) is 6.17 Å². The minimum atomic E-state index is -0.843. The number of rotatable bonds is 9. The number of ether oxygens (including phenoxy) is 2. The molecule has 0 saturated carbocycles. The van der Waals surface area contributed by atoms with Crippen molar-refractivity contribution in [1.82, 2.24) is 10.6 Å². The maximum atomic E-state index is 14.1. The predicted octanol–water partition coefficient (Wildman–Crippen LogP) is 6.31. The SMILES string of the molecule is O=C(NC(NC(=O)C(c1ccccc1)c1ccccc1)c1ccc2c(c1)OCO2)C(c1ccccc1)c1ccccc1. The number of hydrogen-bond acceptors (Lipinski definition) is 4. The molecule has 5 aromatic rings. The molecule has 0 saturated heterocycles. The summed E-state index contributed by atoms with van der Waals surface area (Å²) in [6.45, 7) is 0.121. The molecule has 0 spiro atoms. The van der Waals surface area contributed by atoms with E-state index < -0.39 is 18.0 Å². The molecule has 6 nitrogen and oxygen atoms in total. The zero-order valence-electron chi connectivity index (χ0n) is 22.9. The molecule has 1 aliphatic heterocycles. The van der Waals surface area contributed by atoms with Gasteiger partial charge in [-0.15, -0.1) is 0 Å². The van der Waals surface area contributed by atoms with E-state index in [1.165, 1.54) is 0 Å². The van der Waals surface area contributed by atoms with E-state index in [2.05, 4.69) is 10.6 Å². The highest BCUT2D eigenvalue weighted by molar-refractivity contribution is 5.90. The van der Waals surface area contributed by atoms with E-state index in [4.69, 9.17) is 9.47 Å². The van der Waals surface area contributed by atoms with Gasteiger partial charge in [-0.3, -0.25) is 9.59 Å². The third kappa shape index (κ3) is 5.88. The first kappa shape index (κ1) is 26.8. The average molecular weight is 555 g/mol. The fraction of sp³-hybridized carbons (Fsp3) is 0.111. The Morgan fingerprint density at radius 3 is 1.26 bits per heavy atom. The van der Waals surface area contributed by atoms with E-state index in [1.807, 2.05) is 127 Å². The summed E-state index contributed by atoms with van der Waals surface area (Å²) in [6.07, 6.45) is -0.843. The fourth-order valence-corrected chi connectivity index (χ4v) is 5.32. The Kier molecular flexibility index (Phi) is 7.95. The normalized spacial score (nSPS) is 12.0. The van der Waals surface area contributed by atoms with Crippen LogP contribution in [0.3, 0.4) is 0 Å². The number of amides is 2. The molecule has 1 heterocycles. The predicted molar refractivity (Wildman–Crippen MR) is 161 cm³/mol. The largest absolute Gasteiger partial charge is 0.454 e. The molecule has 1 aliphatic rings. The quantitative estimate of drug-likeness (QED) is 0.209. The van der Waals surface area contributed by atoms with Gasteiger partial charge in [-0.2, -0.15) is 0 Å². The van der Waals surface area contributed by atoms with Gasteiger partial charge in [0.05, 0.1) is 11.8 Å². The number of nitrogens with one attached hydrogen (secondary N) is 2. The van der Waals surface area contributed by atoms with E-state index in [0.29, 0.717) is 17.1 Å². The molecule has 42 heavy (non-hydrogen) atoms. The van der Waals surface area contributed by atoms with Crippen molar-refractivity contribution in [2.45, 2.75) is 18.0 Å². The van der Waals surface area contributed by atoms with Crippen LogP contribution in [0.1, 0.15) is 45.8 Å². The number of hydrogen-bond donors (Lipinski definition) is 2. The summed E-state index contributed by atoms with van der Waals surface area (Å²) in [6, 6.07) is 43.9. The minimum Gasteiger partial charge on any atom is -0.454 e. The van der Waals surface area contributed by atoms with Gasteiger partial charge >= 0.3 is 0 Å². The first-order chi connectivity index (χ1) is 20.7. The van der Waals surface area contributed by atoms with Gasteiger partial charge in [-0.25, -0.2) is 0 Å². The zero-order valence-corrected chi connectivity index (χ0v) is 22.9. The lowest BCUT2D eigenvalue weighted by Gasteiger charge is -2.27. The lowest BCUT2D eigenvalue weighted by atomic mass is 9.89. The maximum absolute atomic E-state index is 14.1. The van der Waals surface area contributed by atoms with Gasteiger partial charge < -0.3 is 20.1 Å². The van der Waals surface area contributed by atoms with Gasteiger partial charge in [-0.05, 0) is 39.9 Å². The monoisotopic (exact) mass is 554 g/mol. The molecule has 0 atom stereocenters. The molecule has 6 rings (SSSR count). The summed E-state index contributed by atoms with van der Waals surface area (Å²) in [5.41, 5.74) is 4.07. The maximum Gasteiger partial charge on any atom is 0.233 e. The van der Waals surface area contributed by atoms with E-state index in [-0.39, 0.29) is 18.6 Å². The molecule has 5 aromatic carbocycles. The van der Waals surface area contributed by atoms with Gasteiger partial charge in [0.15, 0.2) is 11.5 Å². The number of carbonyl (C=O) groups excluding carboxylic acids is 2. The highest BCUT2D eigenvalue weighted by Gasteiger charge is 2.30. The Bertz CT molecular complexity index is 1470. The first-order valence-electron chi connectivity index (χ1n) is 13.9. The lowest BCUT2D eigenvalue weighted by Crippen LogP contribution is -2.44. The molecule has 0 fully saturated rings. The van der Waals surface area contributed by atoms with Crippen LogP contribution in [0.25, 0.3) is 0 Å². The van der Waals surface area contributed by atoms with Gasteiger partial charge in [0.25, 0.3) is 0 Å².